The van der Waals surface area contributed by atoms with Crippen molar-refractivity contribution in [3.63, 3.8) is 0 Å². The summed E-state index contributed by atoms with van der Waals surface area (Å²) in [5.74, 6) is -0.342. The van der Waals surface area contributed by atoms with Gasteiger partial charge in [-0.3, -0.25) is 14.9 Å². The highest BCUT2D eigenvalue weighted by Crippen LogP contribution is 2.23. The quantitative estimate of drug-likeness (QED) is 0.512. The number of nitro groups is 1. The second-order valence-electron chi connectivity index (χ2n) is 5.11. The summed E-state index contributed by atoms with van der Waals surface area (Å²) in [7, 11) is 0. The van der Waals surface area contributed by atoms with Gasteiger partial charge in [-0.05, 0) is 26.8 Å². The number of aryl methyl sites for hydroxylation is 2. The van der Waals surface area contributed by atoms with Gasteiger partial charge in [0.05, 0.1) is 4.92 Å². The molecule has 0 unspecified atom stereocenters. The van der Waals surface area contributed by atoms with E-state index >= 15 is 0 Å². The van der Waals surface area contributed by atoms with Crippen molar-refractivity contribution in [3.8, 4) is 0 Å². The number of furan rings is 1. The Balaban J connectivity index is 2.01. The van der Waals surface area contributed by atoms with Crippen molar-refractivity contribution in [3.05, 3.63) is 57.0 Å². The highest BCUT2D eigenvalue weighted by molar-refractivity contribution is 5.97. The third-order valence-electron chi connectivity index (χ3n) is 3.47. The molecule has 0 atom stereocenters. The molecule has 1 aromatic heterocycles. The van der Waals surface area contributed by atoms with Crippen molar-refractivity contribution in [1.29, 1.82) is 0 Å². The predicted molar refractivity (Wildman–Crippen MR) is 84.9 cm³/mol. The van der Waals surface area contributed by atoms with Crippen molar-refractivity contribution in [2.24, 2.45) is 0 Å². The molecule has 8 nitrogen and oxygen atoms in total. The van der Waals surface area contributed by atoms with Gasteiger partial charge >= 0.3 is 5.97 Å². The van der Waals surface area contributed by atoms with Gasteiger partial charge in [0, 0.05) is 11.6 Å². The molecule has 0 radical (unpaired) electrons. The normalized spacial score (nSPS) is 10.3. The molecular formula is C16H16N2O6. The number of rotatable bonds is 5. The van der Waals surface area contributed by atoms with Gasteiger partial charge < -0.3 is 14.5 Å². The summed E-state index contributed by atoms with van der Waals surface area (Å²) in [5, 5.41) is 13.2. The van der Waals surface area contributed by atoms with Crippen LogP contribution < -0.4 is 5.32 Å². The van der Waals surface area contributed by atoms with Crippen LogP contribution in [0.2, 0.25) is 0 Å². The molecule has 1 amide bonds. The van der Waals surface area contributed by atoms with E-state index < -0.39 is 23.4 Å². The summed E-state index contributed by atoms with van der Waals surface area (Å²) in [6, 6.07) is 5.70. The molecule has 0 spiro atoms. The van der Waals surface area contributed by atoms with Crippen LogP contribution in [-0.2, 0) is 9.53 Å². The van der Waals surface area contributed by atoms with Crippen LogP contribution in [-0.4, -0.2) is 23.4 Å². The number of hydrogen-bond donors (Lipinski definition) is 1. The Bertz CT molecular complexity index is 809. The summed E-state index contributed by atoms with van der Waals surface area (Å²) in [6.07, 6.45) is 0. The van der Waals surface area contributed by atoms with Crippen molar-refractivity contribution >= 4 is 23.3 Å². The average Bonchev–Trinajstić information content (AvgIpc) is 2.78. The number of carbonyl (C=O) groups excluding carboxylic acids is 2. The molecule has 2 aromatic rings. The summed E-state index contributed by atoms with van der Waals surface area (Å²) < 4.78 is 10.3. The van der Waals surface area contributed by atoms with E-state index in [4.69, 9.17) is 9.15 Å². The van der Waals surface area contributed by atoms with Crippen LogP contribution in [0.3, 0.4) is 0 Å². The van der Waals surface area contributed by atoms with E-state index in [-0.39, 0.29) is 16.9 Å². The van der Waals surface area contributed by atoms with Crippen molar-refractivity contribution in [2.45, 2.75) is 20.8 Å². The molecule has 0 fully saturated rings. The Morgan fingerprint density at radius 2 is 1.88 bits per heavy atom. The van der Waals surface area contributed by atoms with Crippen LogP contribution in [0.4, 0.5) is 11.4 Å². The van der Waals surface area contributed by atoms with E-state index in [1.54, 1.807) is 26.8 Å². The second kappa shape index (κ2) is 6.95. The first kappa shape index (κ1) is 17.2. The van der Waals surface area contributed by atoms with Crippen molar-refractivity contribution in [2.75, 3.05) is 11.9 Å². The van der Waals surface area contributed by atoms with Crippen molar-refractivity contribution < 1.29 is 23.7 Å². The molecule has 1 aromatic carbocycles. The summed E-state index contributed by atoms with van der Waals surface area (Å²) in [6.45, 7) is 4.51. The van der Waals surface area contributed by atoms with E-state index in [0.29, 0.717) is 17.1 Å². The minimum absolute atomic E-state index is 0.0371. The van der Waals surface area contributed by atoms with Crippen LogP contribution in [0, 0.1) is 30.9 Å². The lowest BCUT2D eigenvalue weighted by Crippen LogP contribution is -2.21. The summed E-state index contributed by atoms with van der Waals surface area (Å²) >= 11 is 0. The number of nitrogens with one attached hydrogen (secondary N) is 1. The lowest BCUT2D eigenvalue weighted by Gasteiger charge is -2.07. The van der Waals surface area contributed by atoms with Crippen LogP contribution in [0.15, 0.2) is 28.7 Å². The zero-order chi connectivity index (χ0) is 17.9. The summed E-state index contributed by atoms with van der Waals surface area (Å²) in [5.41, 5.74) is 0.729. The second-order valence-corrected chi connectivity index (χ2v) is 5.11. The van der Waals surface area contributed by atoms with Gasteiger partial charge in [0.2, 0.25) is 0 Å². The van der Waals surface area contributed by atoms with Gasteiger partial charge in [0.1, 0.15) is 22.8 Å². The molecule has 0 bridgehead atoms. The van der Waals surface area contributed by atoms with Crippen LogP contribution >= 0.6 is 0 Å². The first-order chi connectivity index (χ1) is 11.3. The third kappa shape index (κ3) is 3.60. The molecule has 126 valence electrons. The van der Waals surface area contributed by atoms with Gasteiger partial charge in [0.25, 0.3) is 11.6 Å². The maximum atomic E-state index is 12.1. The molecule has 1 N–H and O–H groups in total. The minimum atomic E-state index is -0.681. The number of hydrogen-bond acceptors (Lipinski definition) is 6. The Labute approximate surface area is 137 Å². The highest BCUT2D eigenvalue weighted by atomic mass is 16.6. The standard InChI is InChI=1S/C16H16N2O6/c1-9-10(2)24-11(3)15(9)16(20)23-8-14(19)17-12-6-4-5-7-13(12)18(21)22/h4-7H,8H2,1-3H3,(H,17,19). The fourth-order valence-electron chi connectivity index (χ4n) is 2.22. The number of carbonyl (C=O) groups is 2. The molecule has 2 rings (SSSR count). The Morgan fingerprint density at radius 3 is 2.46 bits per heavy atom. The first-order valence-corrected chi connectivity index (χ1v) is 7.08. The summed E-state index contributed by atoms with van der Waals surface area (Å²) in [4.78, 5) is 34.2. The van der Waals surface area contributed by atoms with E-state index in [0.717, 1.165) is 0 Å². The topological polar surface area (TPSA) is 112 Å². The lowest BCUT2D eigenvalue weighted by atomic mass is 10.1. The van der Waals surface area contributed by atoms with Crippen LogP contribution in [0.25, 0.3) is 0 Å². The van der Waals surface area contributed by atoms with E-state index in [1.807, 2.05) is 0 Å². The van der Waals surface area contributed by atoms with Crippen molar-refractivity contribution in [1.82, 2.24) is 0 Å². The van der Waals surface area contributed by atoms with Gasteiger partial charge in [-0.25, -0.2) is 4.79 Å². The first-order valence-electron chi connectivity index (χ1n) is 7.08. The number of benzene rings is 1. The molecule has 1 heterocycles. The minimum Gasteiger partial charge on any atom is -0.465 e. The number of nitro benzene ring substituents is 1. The molecule has 24 heavy (non-hydrogen) atoms. The van der Waals surface area contributed by atoms with E-state index in [9.17, 15) is 19.7 Å². The average molecular weight is 332 g/mol. The lowest BCUT2D eigenvalue weighted by molar-refractivity contribution is -0.383. The van der Waals surface area contributed by atoms with Gasteiger partial charge in [-0.2, -0.15) is 0 Å². The molecule has 0 aliphatic rings. The maximum absolute atomic E-state index is 12.1. The largest absolute Gasteiger partial charge is 0.465 e. The van der Waals surface area contributed by atoms with E-state index in [2.05, 4.69) is 5.32 Å². The van der Waals surface area contributed by atoms with Gasteiger partial charge in [-0.15, -0.1) is 0 Å². The number of esters is 1. The van der Waals surface area contributed by atoms with Crippen LogP contribution in [0.5, 0.6) is 0 Å². The number of nitrogens with zero attached hydrogens (tertiary/aromatic N) is 1. The van der Waals surface area contributed by atoms with E-state index in [1.165, 1.54) is 18.2 Å². The SMILES string of the molecule is Cc1oc(C)c(C(=O)OCC(=O)Nc2ccccc2[N+](=O)[O-])c1C. The number of para-hydroxylation sites is 2. The molecule has 0 saturated carbocycles. The zero-order valence-corrected chi connectivity index (χ0v) is 13.4. The molecule has 8 heteroatoms. The highest BCUT2D eigenvalue weighted by Gasteiger charge is 2.21. The Hall–Kier alpha value is -3.16. The fourth-order valence-corrected chi connectivity index (χ4v) is 2.22. The zero-order valence-electron chi connectivity index (χ0n) is 13.4. The molecule has 0 saturated heterocycles. The number of ether oxygens (including phenoxy) is 1. The number of anilines is 1. The van der Waals surface area contributed by atoms with Gasteiger partial charge in [0.15, 0.2) is 6.61 Å². The van der Waals surface area contributed by atoms with Crippen LogP contribution in [0.1, 0.15) is 27.4 Å². The Morgan fingerprint density at radius 1 is 1.21 bits per heavy atom. The molecule has 0 aliphatic carbocycles. The number of amides is 1. The maximum Gasteiger partial charge on any atom is 0.342 e. The monoisotopic (exact) mass is 332 g/mol. The molecule has 0 aliphatic heterocycles. The molecular weight excluding hydrogens is 316 g/mol. The van der Waals surface area contributed by atoms with Gasteiger partial charge in [-0.1, -0.05) is 12.1 Å². The fraction of sp³-hybridized carbons (Fsp3) is 0.250. The smallest absolute Gasteiger partial charge is 0.342 e. The predicted octanol–water partition coefficient (Wildman–Crippen LogP) is 2.91. The Kier molecular flexibility index (Phi) is 4.98. The third-order valence-corrected chi connectivity index (χ3v) is 3.47.